The summed E-state index contributed by atoms with van der Waals surface area (Å²) in [5, 5.41) is 8.67. The van der Waals surface area contributed by atoms with Gasteiger partial charge in [-0.1, -0.05) is 11.3 Å². The number of nitrogens with one attached hydrogen (secondary N) is 1. The molecule has 0 saturated carbocycles. The number of benzene rings is 2. The number of nitrogens with zero attached hydrogens (tertiary/aromatic N) is 4. The van der Waals surface area contributed by atoms with Gasteiger partial charge in [0.05, 0.1) is 38.9 Å². The van der Waals surface area contributed by atoms with Crippen molar-refractivity contribution in [1.82, 2.24) is 14.6 Å². The molecule has 0 bridgehead atoms. The lowest BCUT2D eigenvalue weighted by Crippen LogP contribution is -2.38. The molecule has 4 aromatic rings. The second-order valence-corrected chi connectivity index (χ2v) is 9.22. The minimum atomic E-state index is -0.0659. The predicted octanol–water partition coefficient (Wildman–Crippen LogP) is 4.34. The van der Waals surface area contributed by atoms with Gasteiger partial charge in [-0.15, -0.1) is 5.10 Å². The van der Waals surface area contributed by atoms with E-state index in [0.717, 1.165) is 53.0 Å². The van der Waals surface area contributed by atoms with Gasteiger partial charge in [-0.05, 0) is 49.2 Å². The van der Waals surface area contributed by atoms with Crippen molar-refractivity contribution < 1.29 is 19.0 Å². The number of piperidine rings is 1. The molecule has 9 nitrogen and oxygen atoms in total. The van der Waals surface area contributed by atoms with E-state index in [0.29, 0.717) is 17.2 Å². The third-order valence-corrected chi connectivity index (χ3v) is 7.20. The average Bonchev–Trinajstić information content (AvgIpc) is 3.49. The van der Waals surface area contributed by atoms with Gasteiger partial charge >= 0.3 is 0 Å². The molecule has 1 aliphatic heterocycles. The Kier molecular flexibility index (Phi) is 6.45. The molecule has 2 aromatic carbocycles. The van der Waals surface area contributed by atoms with Crippen LogP contribution in [0.1, 0.15) is 12.8 Å². The SMILES string of the molecule is COc1ccc(-c2cn3nc(N4CCC(C(=O)Nc5ccc(OC)cc5OC)CC4)sc3n2)cc1. The molecule has 1 saturated heterocycles. The number of hydrogen-bond acceptors (Lipinski definition) is 8. The van der Waals surface area contributed by atoms with Gasteiger partial charge < -0.3 is 24.4 Å². The maximum Gasteiger partial charge on any atom is 0.227 e. The summed E-state index contributed by atoms with van der Waals surface area (Å²) in [6, 6.07) is 13.2. The number of carbonyl (C=O) groups is 1. The van der Waals surface area contributed by atoms with E-state index in [-0.39, 0.29) is 11.8 Å². The minimum Gasteiger partial charge on any atom is -0.497 e. The largest absolute Gasteiger partial charge is 0.497 e. The van der Waals surface area contributed by atoms with E-state index in [2.05, 4.69) is 10.2 Å². The number of carbonyl (C=O) groups excluding carboxylic acids is 1. The van der Waals surface area contributed by atoms with E-state index in [4.69, 9.17) is 24.3 Å². The monoisotopic (exact) mass is 493 g/mol. The second kappa shape index (κ2) is 9.83. The fraction of sp³-hybridized carbons (Fsp3) is 0.320. The fourth-order valence-corrected chi connectivity index (χ4v) is 5.12. The van der Waals surface area contributed by atoms with E-state index in [1.54, 1.807) is 50.9 Å². The molecule has 0 radical (unpaired) electrons. The van der Waals surface area contributed by atoms with Gasteiger partial charge in [-0.2, -0.15) is 0 Å². The Morgan fingerprint density at radius 3 is 2.37 bits per heavy atom. The van der Waals surface area contributed by atoms with Crippen LogP contribution in [0.15, 0.2) is 48.7 Å². The van der Waals surface area contributed by atoms with E-state index in [1.165, 1.54) is 0 Å². The highest BCUT2D eigenvalue weighted by Gasteiger charge is 2.27. The van der Waals surface area contributed by atoms with Crippen molar-refractivity contribution in [3.05, 3.63) is 48.7 Å². The molecule has 2 aromatic heterocycles. The lowest BCUT2D eigenvalue weighted by Gasteiger charge is -2.30. The smallest absolute Gasteiger partial charge is 0.227 e. The molecular weight excluding hydrogens is 466 g/mol. The van der Waals surface area contributed by atoms with Gasteiger partial charge in [0.1, 0.15) is 17.2 Å². The van der Waals surface area contributed by atoms with Gasteiger partial charge in [-0.3, -0.25) is 4.79 Å². The summed E-state index contributed by atoms with van der Waals surface area (Å²) in [4.78, 5) is 20.7. The van der Waals surface area contributed by atoms with E-state index in [1.807, 2.05) is 35.0 Å². The summed E-state index contributed by atoms with van der Waals surface area (Å²) in [6.07, 6.45) is 3.45. The molecule has 1 aliphatic rings. The van der Waals surface area contributed by atoms with Crippen molar-refractivity contribution in [2.24, 2.45) is 5.92 Å². The Labute approximate surface area is 207 Å². The third-order valence-electron chi connectivity index (χ3n) is 6.22. The van der Waals surface area contributed by atoms with Crippen LogP contribution < -0.4 is 24.4 Å². The number of methoxy groups -OCH3 is 3. The quantitative estimate of drug-likeness (QED) is 0.410. The number of fused-ring (bicyclic) bond motifs is 1. The lowest BCUT2D eigenvalue weighted by molar-refractivity contribution is -0.120. The molecule has 3 heterocycles. The van der Waals surface area contributed by atoms with Crippen molar-refractivity contribution in [1.29, 1.82) is 0 Å². The molecule has 0 unspecified atom stereocenters. The number of aromatic nitrogens is 3. The zero-order chi connectivity index (χ0) is 24.4. The number of hydrogen-bond donors (Lipinski definition) is 1. The van der Waals surface area contributed by atoms with Crippen molar-refractivity contribution in [3.63, 3.8) is 0 Å². The number of amides is 1. The highest BCUT2D eigenvalue weighted by molar-refractivity contribution is 7.20. The normalized spacial score (nSPS) is 14.2. The molecule has 0 aliphatic carbocycles. The van der Waals surface area contributed by atoms with Gasteiger partial charge in [0.25, 0.3) is 0 Å². The summed E-state index contributed by atoms with van der Waals surface area (Å²) < 4.78 is 17.7. The van der Waals surface area contributed by atoms with Crippen molar-refractivity contribution in [2.45, 2.75) is 12.8 Å². The first-order chi connectivity index (χ1) is 17.1. The molecule has 182 valence electrons. The second-order valence-electron chi connectivity index (χ2n) is 8.28. The highest BCUT2D eigenvalue weighted by Crippen LogP contribution is 2.32. The molecule has 10 heteroatoms. The number of imidazole rings is 1. The standard InChI is InChI=1S/C25H27N5O4S/c1-32-18-6-4-16(5-7-18)21-15-30-24(27-21)35-25(28-30)29-12-10-17(11-13-29)23(31)26-20-9-8-19(33-2)14-22(20)34-3/h4-9,14-15,17H,10-13H2,1-3H3,(H,26,31). The summed E-state index contributed by atoms with van der Waals surface area (Å²) in [6.45, 7) is 1.53. The molecule has 35 heavy (non-hydrogen) atoms. The van der Waals surface area contributed by atoms with Crippen molar-refractivity contribution >= 4 is 33.0 Å². The first-order valence-electron chi connectivity index (χ1n) is 11.4. The Hall–Kier alpha value is -3.79. The Balaban J connectivity index is 1.21. The molecule has 1 amide bonds. The van der Waals surface area contributed by atoms with E-state index in [9.17, 15) is 4.79 Å². The van der Waals surface area contributed by atoms with Crippen LogP contribution in [0, 0.1) is 5.92 Å². The fourth-order valence-electron chi connectivity index (χ4n) is 4.19. The molecule has 0 spiro atoms. The van der Waals surface area contributed by atoms with Crippen molar-refractivity contribution in [2.75, 3.05) is 44.6 Å². The van der Waals surface area contributed by atoms with Crippen molar-refractivity contribution in [3.8, 4) is 28.5 Å². The Bertz CT molecular complexity index is 1290. The van der Waals surface area contributed by atoms with E-state index >= 15 is 0 Å². The topological polar surface area (TPSA) is 90.2 Å². The molecule has 5 rings (SSSR count). The number of ether oxygens (including phenoxy) is 3. The lowest BCUT2D eigenvalue weighted by atomic mass is 9.96. The van der Waals surface area contributed by atoms with E-state index < -0.39 is 0 Å². The molecular formula is C25H27N5O4S. The third kappa shape index (κ3) is 4.74. The minimum absolute atomic E-state index is 0.00573. The summed E-state index contributed by atoms with van der Waals surface area (Å²) >= 11 is 1.56. The van der Waals surface area contributed by atoms with Crippen LogP contribution in [0.3, 0.4) is 0 Å². The zero-order valence-electron chi connectivity index (χ0n) is 19.9. The van der Waals surface area contributed by atoms with Crippen LogP contribution in [-0.2, 0) is 4.79 Å². The van der Waals surface area contributed by atoms with Gasteiger partial charge in [0.2, 0.25) is 16.0 Å². The first-order valence-corrected chi connectivity index (χ1v) is 12.2. The van der Waals surface area contributed by atoms with Crippen LogP contribution in [-0.4, -0.2) is 54.9 Å². The maximum atomic E-state index is 12.9. The maximum absolute atomic E-state index is 12.9. The number of anilines is 2. The first kappa shape index (κ1) is 23.0. The van der Waals surface area contributed by atoms with Crippen LogP contribution >= 0.6 is 11.3 Å². The van der Waals surface area contributed by atoms with Crippen LogP contribution in [0.5, 0.6) is 17.2 Å². The average molecular weight is 494 g/mol. The molecule has 0 atom stereocenters. The highest BCUT2D eigenvalue weighted by atomic mass is 32.1. The van der Waals surface area contributed by atoms with Gasteiger partial charge in [0.15, 0.2) is 0 Å². The molecule has 1 fully saturated rings. The number of rotatable bonds is 7. The predicted molar refractivity (Wildman–Crippen MR) is 136 cm³/mol. The van der Waals surface area contributed by atoms with Gasteiger partial charge in [-0.25, -0.2) is 9.50 Å². The summed E-state index contributed by atoms with van der Waals surface area (Å²) in [5.41, 5.74) is 2.54. The molecule has 1 N–H and O–H groups in total. The summed E-state index contributed by atoms with van der Waals surface area (Å²) in [7, 11) is 4.83. The Morgan fingerprint density at radius 2 is 1.71 bits per heavy atom. The zero-order valence-corrected chi connectivity index (χ0v) is 20.7. The summed E-state index contributed by atoms with van der Waals surface area (Å²) in [5.74, 6) is 2.01. The van der Waals surface area contributed by atoms with Crippen LogP contribution in [0.25, 0.3) is 16.2 Å². The Morgan fingerprint density at radius 1 is 1.00 bits per heavy atom. The van der Waals surface area contributed by atoms with Crippen LogP contribution in [0.2, 0.25) is 0 Å². The van der Waals surface area contributed by atoms with Crippen LogP contribution in [0.4, 0.5) is 10.8 Å². The van der Waals surface area contributed by atoms with Gasteiger partial charge in [0, 0.05) is 30.6 Å².